The van der Waals surface area contributed by atoms with Gasteiger partial charge in [0.1, 0.15) is 0 Å². The molecule has 0 unspecified atom stereocenters. The monoisotopic (exact) mass is 524 g/mol. The highest BCUT2D eigenvalue weighted by atomic mass is 19.4. The van der Waals surface area contributed by atoms with Crippen molar-refractivity contribution >= 4 is 34.8 Å². The third-order valence-electron chi connectivity index (χ3n) is 6.79. The number of fused-ring (bicyclic) bond motifs is 1. The summed E-state index contributed by atoms with van der Waals surface area (Å²) >= 11 is 0. The molecule has 0 saturated carbocycles. The third-order valence-corrected chi connectivity index (χ3v) is 6.79. The molecule has 2 heterocycles. The Balaban J connectivity index is 1.63. The number of nitrogens with zero attached hydrogens (tertiary/aromatic N) is 4. The van der Waals surface area contributed by atoms with Crippen molar-refractivity contribution in [2.45, 2.75) is 32.2 Å². The van der Waals surface area contributed by atoms with Gasteiger partial charge in [0.2, 0.25) is 0 Å². The van der Waals surface area contributed by atoms with E-state index in [1.165, 1.54) is 11.0 Å². The number of β-amino-alcohol motifs (C(OH)–C–C–N with tert-alkyl or cyclic N) is 1. The van der Waals surface area contributed by atoms with E-state index in [0.717, 1.165) is 34.0 Å². The lowest BCUT2D eigenvalue weighted by atomic mass is 10.1. The summed E-state index contributed by atoms with van der Waals surface area (Å²) in [6, 6.07) is 16.9. The number of hydrogen-bond acceptors (Lipinski definition) is 4. The van der Waals surface area contributed by atoms with Gasteiger partial charge >= 0.3 is 18.2 Å². The second-order valence-electron chi connectivity index (χ2n) is 9.36. The van der Waals surface area contributed by atoms with Crippen molar-refractivity contribution in [1.29, 1.82) is 0 Å². The number of imide groups is 1. The average Bonchev–Trinajstić information content (AvgIpc) is 3.26. The van der Waals surface area contributed by atoms with Gasteiger partial charge in [0.15, 0.2) is 0 Å². The van der Waals surface area contributed by atoms with Gasteiger partial charge < -0.3 is 5.11 Å². The van der Waals surface area contributed by atoms with E-state index in [2.05, 4.69) is 4.90 Å². The Bertz CT molecular complexity index is 1350. The standard InChI is InChI=1S/C28H27F3N4O3/c1-2-33-24-12-11-20(28(29,30)31)16-25(24)34(21-8-4-3-5-9-21)27(38)35(26(33)37)22-10-6-7-19(15-22)17-32-14-13-23(36)18-32/h3-12,15-16,23,36H,2,13-14,17-18H2,1H3/t23-/m1/s1. The minimum Gasteiger partial charge on any atom is -0.392 e. The highest BCUT2D eigenvalue weighted by molar-refractivity contribution is 6.28. The average molecular weight is 525 g/mol. The van der Waals surface area contributed by atoms with Crippen molar-refractivity contribution in [2.24, 2.45) is 0 Å². The SMILES string of the molecule is CCN1C(=O)N(c2cccc(CN3CC[C@@H](O)C3)c2)C(=O)N(c2ccccc2)c2cc(C(F)(F)F)ccc21. The van der Waals surface area contributed by atoms with Crippen LogP contribution in [-0.2, 0) is 12.7 Å². The van der Waals surface area contributed by atoms with Crippen LogP contribution in [0.4, 0.5) is 45.5 Å². The second-order valence-corrected chi connectivity index (χ2v) is 9.36. The van der Waals surface area contributed by atoms with Gasteiger partial charge in [0, 0.05) is 26.2 Å². The molecule has 0 spiro atoms. The first-order valence-electron chi connectivity index (χ1n) is 12.4. The van der Waals surface area contributed by atoms with Gasteiger partial charge in [-0.15, -0.1) is 0 Å². The number of aliphatic hydroxyl groups excluding tert-OH is 1. The Labute approximate surface area is 218 Å². The normalized spacial score (nSPS) is 18.7. The van der Waals surface area contributed by atoms with Gasteiger partial charge in [-0.05, 0) is 61.4 Å². The first kappa shape index (κ1) is 25.7. The lowest BCUT2D eigenvalue weighted by Gasteiger charge is -2.27. The zero-order chi connectivity index (χ0) is 27.0. The summed E-state index contributed by atoms with van der Waals surface area (Å²) < 4.78 is 41.1. The number of rotatable bonds is 5. The molecule has 5 rings (SSSR count). The number of amides is 4. The van der Waals surface area contributed by atoms with Gasteiger partial charge in [0.25, 0.3) is 0 Å². The fourth-order valence-corrected chi connectivity index (χ4v) is 4.98. The summed E-state index contributed by atoms with van der Waals surface area (Å²) in [5.74, 6) is 0. The quantitative estimate of drug-likeness (QED) is 0.445. The Morgan fingerprint density at radius 2 is 1.61 bits per heavy atom. The maximum Gasteiger partial charge on any atom is 0.416 e. The van der Waals surface area contributed by atoms with Crippen molar-refractivity contribution < 1.29 is 27.9 Å². The molecule has 0 bridgehead atoms. The number of hydrogen-bond donors (Lipinski definition) is 1. The number of halogens is 3. The molecule has 2 aliphatic heterocycles. The van der Waals surface area contributed by atoms with E-state index in [0.29, 0.717) is 30.9 Å². The maximum absolute atomic E-state index is 14.1. The zero-order valence-corrected chi connectivity index (χ0v) is 20.7. The van der Waals surface area contributed by atoms with E-state index in [9.17, 15) is 27.9 Å². The molecular formula is C28H27F3N4O3. The number of anilines is 4. The molecule has 10 heteroatoms. The van der Waals surface area contributed by atoms with E-state index < -0.39 is 23.8 Å². The summed E-state index contributed by atoms with van der Waals surface area (Å²) in [5, 5.41) is 9.87. The lowest BCUT2D eigenvalue weighted by Crippen LogP contribution is -2.48. The fraction of sp³-hybridized carbons (Fsp3) is 0.286. The summed E-state index contributed by atoms with van der Waals surface area (Å²) in [5.41, 5.74) is 0.726. The van der Waals surface area contributed by atoms with Crippen molar-refractivity contribution in [1.82, 2.24) is 4.90 Å². The minimum absolute atomic E-state index is 0.0315. The van der Waals surface area contributed by atoms with Crippen molar-refractivity contribution in [3.8, 4) is 0 Å². The van der Waals surface area contributed by atoms with Gasteiger partial charge in [-0.3, -0.25) is 14.7 Å². The molecule has 2 aliphatic rings. The van der Waals surface area contributed by atoms with Crippen molar-refractivity contribution in [3.05, 3.63) is 83.9 Å². The molecule has 198 valence electrons. The van der Waals surface area contributed by atoms with Crippen LogP contribution in [-0.4, -0.2) is 47.8 Å². The van der Waals surface area contributed by atoms with Crippen LogP contribution >= 0.6 is 0 Å². The highest BCUT2D eigenvalue weighted by Crippen LogP contribution is 2.43. The topological polar surface area (TPSA) is 67.3 Å². The lowest BCUT2D eigenvalue weighted by molar-refractivity contribution is -0.137. The summed E-state index contributed by atoms with van der Waals surface area (Å²) in [6.45, 7) is 3.63. The molecule has 0 aliphatic carbocycles. The molecule has 1 saturated heterocycles. The van der Waals surface area contributed by atoms with Crippen LogP contribution in [0.25, 0.3) is 0 Å². The number of alkyl halides is 3. The molecule has 7 nitrogen and oxygen atoms in total. The smallest absolute Gasteiger partial charge is 0.392 e. The number of aliphatic hydroxyl groups is 1. The number of benzene rings is 3. The predicted molar refractivity (Wildman–Crippen MR) is 139 cm³/mol. The van der Waals surface area contributed by atoms with E-state index in [1.54, 1.807) is 55.5 Å². The van der Waals surface area contributed by atoms with E-state index in [-0.39, 0.29) is 24.0 Å². The molecule has 1 atom stereocenters. The number of carbonyl (C=O) groups is 2. The molecule has 3 aromatic rings. The highest BCUT2D eigenvalue weighted by Gasteiger charge is 2.41. The molecule has 38 heavy (non-hydrogen) atoms. The Morgan fingerprint density at radius 3 is 2.26 bits per heavy atom. The molecule has 1 fully saturated rings. The molecule has 0 radical (unpaired) electrons. The van der Waals surface area contributed by atoms with Crippen molar-refractivity contribution in [2.75, 3.05) is 34.3 Å². The maximum atomic E-state index is 14.1. The first-order chi connectivity index (χ1) is 18.2. The van der Waals surface area contributed by atoms with Crippen LogP contribution in [0.3, 0.4) is 0 Å². The first-order valence-corrected chi connectivity index (χ1v) is 12.4. The minimum atomic E-state index is -4.63. The van der Waals surface area contributed by atoms with Crippen molar-refractivity contribution in [3.63, 3.8) is 0 Å². The fourth-order valence-electron chi connectivity index (χ4n) is 4.98. The van der Waals surface area contributed by atoms with Crippen LogP contribution in [0, 0.1) is 0 Å². The number of likely N-dealkylation sites (tertiary alicyclic amines) is 1. The van der Waals surface area contributed by atoms with Crippen LogP contribution in [0.2, 0.25) is 0 Å². The van der Waals surface area contributed by atoms with Gasteiger partial charge in [-0.25, -0.2) is 14.5 Å². The third kappa shape index (κ3) is 4.84. The summed E-state index contributed by atoms with van der Waals surface area (Å²) in [7, 11) is 0. The van der Waals surface area contributed by atoms with E-state index >= 15 is 0 Å². The Hall–Kier alpha value is -3.89. The number of para-hydroxylation sites is 1. The molecule has 1 N–H and O–H groups in total. The van der Waals surface area contributed by atoms with Gasteiger partial charge in [0.05, 0.1) is 34.4 Å². The Kier molecular flexibility index (Phi) is 6.85. The zero-order valence-electron chi connectivity index (χ0n) is 20.7. The van der Waals surface area contributed by atoms with Gasteiger partial charge in [-0.1, -0.05) is 30.3 Å². The predicted octanol–water partition coefficient (Wildman–Crippen LogP) is 6.00. The van der Waals surface area contributed by atoms with Crippen LogP contribution in [0.1, 0.15) is 24.5 Å². The second kappa shape index (κ2) is 10.1. The summed E-state index contributed by atoms with van der Waals surface area (Å²) in [6.07, 6.45) is -4.34. The largest absolute Gasteiger partial charge is 0.416 e. The summed E-state index contributed by atoms with van der Waals surface area (Å²) in [4.78, 5) is 33.5. The van der Waals surface area contributed by atoms with Crippen LogP contribution in [0.15, 0.2) is 72.8 Å². The molecule has 3 aromatic carbocycles. The van der Waals surface area contributed by atoms with E-state index in [1.807, 2.05) is 6.07 Å². The Morgan fingerprint density at radius 1 is 0.868 bits per heavy atom. The van der Waals surface area contributed by atoms with Gasteiger partial charge in [-0.2, -0.15) is 13.2 Å². The number of urea groups is 2. The van der Waals surface area contributed by atoms with Crippen LogP contribution < -0.4 is 14.7 Å². The van der Waals surface area contributed by atoms with Crippen LogP contribution in [0.5, 0.6) is 0 Å². The van der Waals surface area contributed by atoms with E-state index in [4.69, 9.17) is 0 Å². The molecular weight excluding hydrogens is 497 g/mol. The molecule has 4 amide bonds. The number of carbonyl (C=O) groups excluding carboxylic acids is 2. The molecule has 0 aromatic heterocycles.